The molecule has 4 aromatic rings. The van der Waals surface area contributed by atoms with E-state index in [2.05, 4.69) is 86.1 Å². The zero-order valence-corrected chi connectivity index (χ0v) is 24.9. The molecular formula is C34H39BrN2O3. The van der Waals surface area contributed by atoms with Crippen LogP contribution in [0.4, 0.5) is 0 Å². The second kappa shape index (κ2) is 14.0. The van der Waals surface area contributed by atoms with Crippen molar-refractivity contribution < 1.29 is 14.3 Å². The fraction of sp³-hybridized carbons (Fsp3) is 0.382. The van der Waals surface area contributed by atoms with Crippen LogP contribution in [0.3, 0.4) is 0 Å². The zero-order valence-electron chi connectivity index (χ0n) is 23.4. The van der Waals surface area contributed by atoms with E-state index in [-0.39, 0.29) is 5.91 Å². The minimum absolute atomic E-state index is 0.274. The summed E-state index contributed by atoms with van der Waals surface area (Å²) in [5.41, 5.74) is 4.92. The number of amides is 1. The number of rotatable bonds is 12. The van der Waals surface area contributed by atoms with Gasteiger partial charge in [0.2, 0.25) is 5.91 Å². The minimum atomic E-state index is 0.274. The van der Waals surface area contributed by atoms with E-state index < -0.39 is 0 Å². The summed E-state index contributed by atoms with van der Waals surface area (Å²) in [7, 11) is 1.76. The van der Waals surface area contributed by atoms with Crippen molar-refractivity contribution in [2.24, 2.45) is 0 Å². The van der Waals surface area contributed by atoms with Gasteiger partial charge < -0.3 is 18.9 Å². The molecule has 0 radical (unpaired) electrons. The highest BCUT2D eigenvalue weighted by molar-refractivity contribution is 9.10. The van der Waals surface area contributed by atoms with Gasteiger partial charge in [0, 0.05) is 61.2 Å². The number of methoxy groups -OCH3 is 1. The molecule has 1 amide bonds. The molecule has 1 atom stereocenters. The molecular weight excluding hydrogens is 564 g/mol. The second-order valence-corrected chi connectivity index (χ2v) is 11.6. The van der Waals surface area contributed by atoms with Crippen LogP contribution in [0.15, 0.2) is 83.3 Å². The van der Waals surface area contributed by atoms with Crippen molar-refractivity contribution in [2.45, 2.75) is 57.6 Å². The Balaban J connectivity index is 1.31. The third kappa shape index (κ3) is 7.15. The van der Waals surface area contributed by atoms with Crippen molar-refractivity contribution in [3.63, 3.8) is 0 Å². The van der Waals surface area contributed by atoms with Crippen LogP contribution in [0.25, 0.3) is 10.9 Å². The van der Waals surface area contributed by atoms with Gasteiger partial charge in [-0.1, -0.05) is 64.5 Å². The molecule has 1 saturated heterocycles. The number of nitrogens with zero attached hydrogens (tertiary/aromatic N) is 2. The van der Waals surface area contributed by atoms with Crippen LogP contribution in [-0.2, 0) is 29.1 Å². The Bertz CT molecular complexity index is 1380. The van der Waals surface area contributed by atoms with Crippen molar-refractivity contribution in [1.29, 1.82) is 0 Å². The number of hydrogen-bond acceptors (Lipinski definition) is 3. The van der Waals surface area contributed by atoms with Gasteiger partial charge in [0.1, 0.15) is 12.4 Å². The molecule has 0 bridgehead atoms. The molecule has 1 unspecified atom stereocenters. The molecule has 2 heterocycles. The van der Waals surface area contributed by atoms with Gasteiger partial charge in [-0.25, -0.2) is 0 Å². The van der Waals surface area contributed by atoms with E-state index in [0.717, 1.165) is 79.5 Å². The van der Waals surface area contributed by atoms with Gasteiger partial charge in [-0.3, -0.25) is 4.79 Å². The number of piperidine rings is 1. The number of likely N-dealkylation sites (tertiary alicyclic amines) is 1. The quantitative estimate of drug-likeness (QED) is 0.156. The highest BCUT2D eigenvalue weighted by Crippen LogP contribution is 2.36. The molecule has 40 heavy (non-hydrogen) atoms. The summed E-state index contributed by atoms with van der Waals surface area (Å²) in [6, 6.07) is 27.3. The molecule has 0 spiro atoms. The molecule has 210 valence electrons. The molecule has 1 fully saturated rings. The summed E-state index contributed by atoms with van der Waals surface area (Å²) in [4.78, 5) is 15.3. The summed E-state index contributed by atoms with van der Waals surface area (Å²) < 4.78 is 15.2. The standard InChI is InChI=1S/C34H39BrN2O3/c1-39-22-8-21-37-31-13-6-14-33(40-25-27-9-3-2-4-10-27)30(31)23-32(37)28-12-7-20-36(24-28)34(38)15-5-11-26-16-18-29(35)19-17-26/h2-4,6,9-10,13-14,16-19,23,28H,5,7-8,11-12,15,20-22,24-25H2,1H3. The molecule has 0 N–H and O–H groups in total. The summed E-state index contributed by atoms with van der Waals surface area (Å²) >= 11 is 3.49. The SMILES string of the molecule is COCCCn1c(C2CCCN(C(=O)CCCc3ccc(Br)cc3)C2)cc2c(OCc3ccccc3)cccc21. The van der Waals surface area contributed by atoms with Gasteiger partial charge in [0.05, 0.1) is 5.52 Å². The smallest absolute Gasteiger partial charge is 0.222 e. The molecule has 5 nitrogen and oxygen atoms in total. The van der Waals surface area contributed by atoms with Crippen LogP contribution in [0.2, 0.25) is 0 Å². The fourth-order valence-electron chi connectivity index (χ4n) is 5.79. The molecule has 1 aromatic heterocycles. The number of aryl methyl sites for hydroxylation is 2. The zero-order chi connectivity index (χ0) is 27.7. The first-order valence-corrected chi connectivity index (χ1v) is 15.2. The largest absolute Gasteiger partial charge is 0.488 e. The van der Waals surface area contributed by atoms with Gasteiger partial charge in [-0.2, -0.15) is 0 Å². The van der Waals surface area contributed by atoms with Gasteiger partial charge in [-0.05, 0) is 73.6 Å². The average molecular weight is 604 g/mol. The second-order valence-electron chi connectivity index (χ2n) is 10.7. The Morgan fingerprint density at radius 1 is 0.975 bits per heavy atom. The van der Waals surface area contributed by atoms with Gasteiger partial charge in [0.25, 0.3) is 0 Å². The van der Waals surface area contributed by atoms with Gasteiger partial charge >= 0.3 is 0 Å². The lowest BCUT2D eigenvalue weighted by molar-refractivity contribution is -0.132. The van der Waals surface area contributed by atoms with Gasteiger partial charge in [-0.15, -0.1) is 0 Å². The van der Waals surface area contributed by atoms with E-state index in [1.165, 1.54) is 16.8 Å². The minimum Gasteiger partial charge on any atom is -0.488 e. The number of carbonyl (C=O) groups excluding carboxylic acids is 1. The van der Waals surface area contributed by atoms with E-state index in [1.807, 2.05) is 18.2 Å². The van der Waals surface area contributed by atoms with Crippen molar-refractivity contribution in [2.75, 3.05) is 26.8 Å². The summed E-state index contributed by atoms with van der Waals surface area (Å²) in [5.74, 6) is 1.49. The van der Waals surface area contributed by atoms with Crippen LogP contribution in [-0.4, -0.2) is 42.2 Å². The molecule has 3 aromatic carbocycles. The van der Waals surface area contributed by atoms with Crippen molar-refractivity contribution in [3.8, 4) is 5.75 Å². The summed E-state index contributed by atoms with van der Waals surface area (Å²) in [5, 5.41) is 1.14. The first kappa shape index (κ1) is 28.4. The lowest BCUT2D eigenvalue weighted by Gasteiger charge is -2.33. The normalized spacial score (nSPS) is 15.4. The number of benzene rings is 3. The maximum Gasteiger partial charge on any atom is 0.222 e. The fourth-order valence-corrected chi connectivity index (χ4v) is 6.06. The lowest BCUT2D eigenvalue weighted by atomic mass is 9.94. The number of ether oxygens (including phenoxy) is 2. The van der Waals surface area contributed by atoms with E-state index in [9.17, 15) is 4.79 Å². The number of hydrogen-bond donors (Lipinski definition) is 0. The number of fused-ring (bicyclic) bond motifs is 1. The molecule has 0 saturated carbocycles. The van der Waals surface area contributed by atoms with Gasteiger partial charge in [0.15, 0.2) is 0 Å². The Labute approximate surface area is 246 Å². The number of carbonyl (C=O) groups is 1. The molecule has 0 aliphatic carbocycles. The highest BCUT2D eigenvalue weighted by atomic mass is 79.9. The number of aromatic nitrogens is 1. The maximum absolute atomic E-state index is 13.2. The van der Waals surface area contributed by atoms with E-state index in [4.69, 9.17) is 9.47 Å². The van der Waals surface area contributed by atoms with Crippen molar-refractivity contribution in [1.82, 2.24) is 9.47 Å². The van der Waals surface area contributed by atoms with Crippen molar-refractivity contribution >= 4 is 32.7 Å². The molecule has 5 rings (SSSR count). The topological polar surface area (TPSA) is 43.7 Å². The average Bonchev–Trinajstić information content (AvgIpc) is 3.37. The number of halogens is 1. The summed E-state index contributed by atoms with van der Waals surface area (Å²) in [6.07, 6.45) is 5.45. The Hall–Kier alpha value is -3.09. The molecule has 1 aliphatic rings. The van der Waals surface area contributed by atoms with E-state index >= 15 is 0 Å². The van der Waals surface area contributed by atoms with Crippen LogP contribution in [0.5, 0.6) is 5.75 Å². The van der Waals surface area contributed by atoms with Crippen LogP contribution < -0.4 is 4.74 Å². The highest BCUT2D eigenvalue weighted by Gasteiger charge is 2.28. The summed E-state index contributed by atoms with van der Waals surface area (Å²) in [6.45, 7) is 3.76. The van der Waals surface area contributed by atoms with Crippen molar-refractivity contribution in [3.05, 3.63) is 100 Å². The third-order valence-corrected chi connectivity index (χ3v) is 8.40. The lowest BCUT2D eigenvalue weighted by Crippen LogP contribution is -2.39. The molecule has 1 aliphatic heterocycles. The Morgan fingerprint density at radius 3 is 2.60 bits per heavy atom. The van der Waals surface area contributed by atoms with Crippen LogP contribution in [0.1, 0.15) is 54.8 Å². The Kier molecular flexibility index (Phi) is 9.95. The first-order valence-electron chi connectivity index (χ1n) is 14.4. The third-order valence-electron chi connectivity index (χ3n) is 7.87. The maximum atomic E-state index is 13.2. The Morgan fingerprint density at radius 2 is 1.80 bits per heavy atom. The van der Waals surface area contributed by atoms with E-state index in [0.29, 0.717) is 18.9 Å². The predicted octanol–water partition coefficient (Wildman–Crippen LogP) is 7.75. The van der Waals surface area contributed by atoms with E-state index in [1.54, 1.807) is 7.11 Å². The monoisotopic (exact) mass is 602 g/mol. The molecule has 6 heteroatoms. The van der Waals surface area contributed by atoms with Crippen LogP contribution in [0, 0.1) is 0 Å². The predicted molar refractivity (Wildman–Crippen MR) is 165 cm³/mol. The van der Waals surface area contributed by atoms with Crippen LogP contribution >= 0.6 is 15.9 Å². The first-order chi connectivity index (χ1) is 19.6.